The van der Waals surface area contributed by atoms with Crippen LogP contribution in [0.15, 0.2) is 18.3 Å². The van der Waals surface area contributed by atoms with Crippen molar-refractivity contribution in [3.05, 3.63) is 18.3 Å². The number of ether oxygens (including phenoxy) is 1. The van der Waals surface area contributed by atoms with E-state index in [-0.39, 0.29) is 0 Å². The van der Waals surface area contributed by atoms with Crippen molar-refractivity contribution in [3.8, 4) is 0 Å². The number of carbonyl (C=O) groups is 1. The summed E-state index contributed by atoms with van der Waals surface area (Å²) in [6.07, 6.45) is 1.04. The van der Waals surface area contributed by atoms with Crippen LogP contribution < -0.4 is 5.59 Å². The van der Waals surface area contributed by atoms with Gasteiger partial charge >= 0.3 is 13.6 Å². The Hall–Kier alpha value is -1.23. The lowest BCUT2D eigenvalue weighted by atomic mass is 9.96. The van der Waals surface area contributed by atoms with Gasteiger partial charge in [0.05, 0.1) is 0 Å². The first-order valence-corrected chi connectivity index (χ1v) is 4.32. The molecular weight excluding hydrogens is 181 g/mol. The molecule has 1 heterocycles. The predicted octanol–water partition coefficient (Wildman–Crippen LogP) is 0.508. The second-order valence-corrected chi connectivity index (χ2v) is 3.91. The van der Waals surface area contributed by atoms with Crippen molar-refractivity contribution in [2.75, 3.05) is 0 Å². The maximum absolute atomic E-state index is 11.5. The van der Waals surface area contributed by atoms with E-state index in [4.69, 9.17) is 9.76 Å². The van der Waals surface area contributed by atoms with Gasteiger partial charge in [0.2, 0.25) is 0 Å². The first kappa shape index (κ1) is 10.9. The minimum absolute atomic E-state index is 0.402. The van der Waals surface area contributed by atoms with E-state index >= 15 is 0 Å². The van der Waals surface area contributed by atoms with Gasteiger partial charge < -0.3 is 9.76 Å². The maximum Gasteiger partial charge on any atom is 0.418 e. The van der Waals surface area contributed by atoms with Crippen molar-refractivity contribution in [3.63, 3.8) is 0 Å². The Morgan fingerprint density at radius 2 is 2.21 bits per heavy atom. The van der Waals surface area contributed by atoms with Crippen molar-refractivity contribution in [2.45, 2.75) is 26.4 Å². The Kier molecular flexibility index (Phi) is 3.01. The Labute approximate surface area is 83.8 Å². The summed E-state index contributed by atoms with van der Waals surface area (Å²) >= 11 is 0. The van der Waals surface area contributed by atoms with E-state index in [1.165, 1.54) is 10.8 Å². The zero-order chi connectivity index (χ0) is 10.8. The van der Waals surface area contributed by atoms with Crippen LogP contribution in [-0.4, -0.2) is 28.8 Å². The average molecular weight is 194 g/mol. The van der Waals surface area contributed by atoms with Crippen LogP contribution in [0.5, 0.6) is 0 Å². The maximum atomic E-state index is 11.5. The SMILES string of the molecule is CC(C)(C)OC(=O)n1cccc1[B]O. The summed E-state index contributed by atoms with van der Waals surface area (Å²) < 4.78 is 6.36. The third-order valence-corrected chi connectivity index (χ3v) is 1.50. The van der Waals surface area contributed by atoms with Gasteiger partial charge in [-0.2, -0.15) is 0 Å². The number of nitrogens with zero attached hydrogens (tertiary/aromatic N) is 1. The van der Waals surface area contributed by atoms with E-state index in [2.05, 4.69) is 0 Å². The van der Waals surface area contributed by atoms with E-state index < -0.39 is 11.7 Å². The third kappa shape index (κ3) is 2.63. The molecule has 0 atom stereocenters. The van der Waals surface area contributed by atoms with Gasteiger partial charge in [0.1, 0.15) is 5.60 Å². The van der Waals surface area contributed by atoms with Gasteiger partial charge in [-0.3, -0.25) is 4.57 Å². The number of carbonyl (C=O) groups excluding carboxylic acids is 1. The minimum Gasteiger partial charge on any atom is -0.449 e. The first-order chi connectivity index (χ1) is 6.44. The number of hydrogen-bond acceptors (Lipinski definition) is 3. The largest absolute Gasteiger partial charge is 0.449 e. The predicted molar refractivity (Wildman–Crippen MR) is 53.7 cm³/mol. The summed E-state index contributed by atoms with van der Waals surface area (Å²) in [7, 11) is 0.865. The molecule has 75 valence electrons. The van der Waals surface area contributed by atoms with E-state index in [0.717, 1.165) is 7.48 Å². The average Bonchev–Trinajstić information content (AvgIpc) is 2.47. The van der Waals surface area contributed by atoms with Crippen LogP contribution in [0, 0.1) is 0 Å². The molecule has 0 amide bonds. The van der Waals surface area contributed by atoms with Crippen molar-refractivity contribution in [1.82, 2.24) is 4.57 Å². The molecule has 0 bridgehead atoms. The zero-order valence-electron chi connectivity index (χ0n) is 8.52. The van der Waals surface area contributed by atoms with E-state index in [1.54, 1.807) is 32.9 Å². The summed E-state index contributed by atoms with van der Waals surface area (Å²) in [4.78, 5) is 11.5. The monoisotopic (exact) mass is 194 g/mol. The molecule has 4 nitrogen and oxygen atoms in total. The molecule has 0 saturated carbocycles. The molecule has 0 aromatic carbocycles. The molecule has 0 unspecified atom stereocenters. The van der Waals surface area contributed by atoms with Gasteiger partial charge in [0.15, 0.2) is 0 Å². The lowest BCUT2D eigenvalue weighted by Gasteiger charge is -2.20. The molecule has 1 radical (unpaired) electrons. The molecule has 0 spiro atoms. The standard InChI is InChI=1S/C9H13BNO3/c1-9(2,3)14-8(12)11-6-4-5-7(11)10-13/h4-6,13H,1-3H3. The number of aromatic nitrogens is 1. The topological polar surface area (TPSA) is 51.5 Å². The molecule has 1 aromatic heterocycles. The lowest BCUT2D eigenvalue weighted by molar-refractivity contribution is 0.0542. The van der Waals surface area contributed by atoms with Crippen LogP contribution in [0.4, 0.5) is 4.79 Å². The molecule has 1 aromatic rings. The van der Waals surface area contributed by atoms with Crippen molar-refractivity contribution < 1.29 is 14.6 Å². The Balaban J connectivity index is 2.80. The summed E-state index contributed by atoms with van der Waals surface area (Å²) in [5, 5.41) is 8.80. The van der Waals surface area contributed by atoms with Crippen LogP contribution in [0.2, 0.25) is 0 Å². The second-order valence-electron chi connectivity index (χ2n) is 3.91. The highest BCUT2D eigenvalue weighted by Gasteiger charge is 2.18. The molecule has 1 N–H and O–H groups in total. The zero-order valence-corrected chi connectivity index (χ0v) is 8.52. The van der Waals surface area contributed by atoms with Gasteiger partial charge in [-0.05, 0) is 32.9 Å². The van der Waals surface area contributed by atoms with Crippen LogP contribution in [-0.2, 0) is 4.74 Å². The van der Waals surface area contributed by atoms with Gasteiger partial charge in [-0.25, -0.2) is 4.79 Å². The van der Waals surface area contributed by atoms with Crippen molar-refractivity contribution in [2.24, 2.45) is 0 Å². The van der Waals surface area contributed by atoms with E-state index in [9.17, 15) is 4.79 Å². The molecule has 14 heavy (non-hydrogen) atoms. The molecule has 5 heteroatoms. The fraction of sp³-hybridized carbons (Fsp3) is 0.444. The molecule has 1 rings (SSSR count). The Morgan fingerprint density at radius 3 is 2.71 bits per heavy atom. The molecule has 0 fully saturated rings. The molecule has 0 saturated heterocycles. The van der Waals surface area contributed by atoms with Crippen molar-refractivity contribution >= 4 is 19.2 Å². The van der Waals surface area contributed by atoms with Gasteiger partial charge in [-0.15, -0.1) is 0 Å². The van der Waals surface area contributed by atoms with E-state index in [0.29, 0.717) is 5.59 Å². The molecule has 0 aliphatic rings. The first-order valence-electron chi connectivity index (χ1n) is 4.32. The van der Waals surface area contributed by atoms with Crippen LogP contribution in [0.25, 0.3) is 0 Å². The molecular formula is C9H13BNO3. The quantitative estimate of drug-likeness (QED) is 0.662. The number of hydrogen-bond donors (Lipinski definition) is 1. The minimum atomic E-state index is -0.534. The van der Waals surface area contributed by atoms with Gasteiger partial charge in [0.25, 0.3) is 0 Å². The number of rotatable bonds is 1. The van der Waals surface area contributed by atoms with Crippen molar-refractivity contribution in [1.29, 1.82) is 0 Å². The van der Waals surface area contributed by atoms with Crippen LogP contribution in [0.3, 0.4) is 0 Å². The van der Waals surface area contributed by atoms with Crippen LogP contribution >= 0.6 is 0 Å². The third-order valence-electron chi connectivity index (χ3n) is 1.50. The fourth-order valence-electron chi connectivity index (χ4n) is 0.977. The molecule has 0 aliphatic carbocycles. The summed E-state index contributed by atoms with van der Waals surface area (Å²) in [5.74, 6) is 0. The summed E-state index contributed by atoms with van der Waals surface area (Å²) in [6.45, 7) is 5.37. The molecule has 0 aliphatic heterocycles. The highest BCUT2D eigenvalue weighted by atomic mass is 16.6. The van der Waals surface area contributed by atoms with Gasteiger partial charge in [-0.1, -0.05) is 0 Å². The second kappa shape index (κ2) is 3.88. The summed E-state index contributed by atoms with van der Waals surface area (Å²) in [5.41, 5.74) is -0.132. The Bertz CT molecular complexity index is 327. The smallest absolute Gasteiger partial charge is 0.418 e. The Morgan fingerprint density at radius 1 is 1.57 bits per heavy atom. The normalized spacial score (nSPS) is 11.1. The van der Waals surface area contributed by atoms with Gasteiger partial charge in [0, 0.05) is 11.8 Å². The van der Waals surface area contributed by atoms with E-state index in [1.807, 2.05) is 0 Å². The highest BCUT2D eigenvalue weighted by Crippen LogP contribution is 2.08. The highest BCUT2D eigenvalue weighted by molar-refractivity contribution is 6.45. The summed E-state index contributed by atoms with van der Waals surface area (Å²) in [6, 6.07) is 3.27. The van der Waals surface area contributed by atoms with Crippen LogP contribution in [0.1, 0.15) is 20.8 Å². The fourth-order valence-corrected chi connectivity index (χ4v) is 0.977. The lowest BCUT2D eigenvalue weighted by Crippen LogP contribution is -2.34.